The Labute approximate surface area is 134 Å². The Morgan fingerprint density at radius 2 is 2.09 bits per heavy atom. The Morgan fingerprint density at radius 3 is 2.83 bits per heavy atom. The van der Waals surface area contributed by atoms with E-state index in [-0.39, 0.29) is 11.9 Å². The fourth-order valence-corrected chi connectivity index (χ4v) is 2.19. The topological polar surface area (TPSA) is 70.9 Å². The van der Waals surface area contributed by atoms with Gasteiger partial charge < -0.3 is 14.7 Å². The van der Waals surface area contributed by atoms with Crippen LogP contribution in [0.1, 0.15) is 24.6 Å². The lowest BCUT2D eigenvalue weighted by Crippen LogP contribution is -2.25. The lowest BCUT2D eigenvalue weighted by molar-refractivity contribution is -0.117. The van der Waals surface area contributed by atoms with E-state index in [1.54, 1.807) is 30.7 Å². The summed E-state index contributed by atoms with van der Waals surface area (Å²) in [6, 6.07) is 13.3. The molecule has 0 radical (unpaired) electrons. The van der Waals surface area contributed by atoms with Gasteiger partial charge in [0.2, 0.25) is 5.91 Å². The molecule has 5 nitrogen and oxygen atoms in total. The van der Waals surface area contributed by atoms with E-state index in [2.05, 4.69) is 15.3 Å². The number of imidazole rings is 1. The molecule has 0 spiro atoms. The number of rotatable bonds is 5. The third-order valence-corrected chi connectivity index (χ3v) is 3.39. The maximum atomic E-state index is 11.9. The SMILES string of the molecule is CC(NC(=O)C=Cc1ccco1)c1ncc(-c2ccccc2)[nH]1. The predicted octanol–water partition coefficient (Wildman–Crippen LogP) is 3.56. The summed E-state index contributed by atoms with van der Waals surface area (Å²) >= 11 is 0. The lowest BCUT2D eigenvalue weighted by atomic mass is 10.2. The summed E-state index contributed by atoms with van der Waals surface area (Å²) in [5, 5.41) is 2.86. The van der Waals surface area contributed by atoms with Crippen LogP contribution in [0.3, 0.4) is 0 Å². The van der Waals surface area contributed by atoms with Crippen LogP contribution in [0.15, 0.2) is 65.4 Å². The zero-order valence-electron chi connectivity index (χ0n) is 12.7. The van der Waals surface area contributed by atoms with Crippen LogP contribution in [0.4, 0.5) is 0 Å². The van der Waals surface area contributed by atoms with Gasteiger partial charge in [0, 0.05) is 6.08 Å². The first-order valence-corrected chi connectivity index (χ1v) is 7.35. The van der Waals surface area contributed by atoms with E-state index >= 15 is 0 Å². The third-order valence-electron chi connectivity index (χ3n) is 3.39. The second-order valence-electron chi connectivity index (χ2n) is 5.13. The van der Waals surface area contributed by atoms with Crippen LogP contribution < -0.4 is 5.32 Å². The summed E-state index contributed by atoms with van der Waals surface area (Å²) in [6.45, 7) is 1.88. The molecular weight excluding hydrogens is 290 g/mol. The Kier molecular flexibility index (Phi) is 4.38. The summed E-state index contributed by atoms with van der Waals surface area (Å²) in [5.74, 6) is 1.15. The number of carbonyl (C=O) groups excluding carboxylic acids is 1. The molecule has 5 heteroatoms. The van der Waals surface area contributed by atoms with Crippen LogP contribution in [0.25, 0.3) is 17.3 Å². The third kappa shape index (κ3) is 3.77. The number of furan rings is 1. The van der Waals surface area contributed by atoms with Crippen LogP contribution in [0.2, 0.25) is 0 Å². The predicted molar refractivity (Wildman–Crippen MR) is 88.3 cm³/mol. The van der Waals surface area contributed by atoms with Crippen molar-refractivity contribution in [3.63, 3.8) is 0 Å². The van der Waals surface area contributed by atoms with Crippen molar-refractivity contribution in [2.75, 3.05) is 0 Å². The summed E-state index contributed by atoms with van der Waals surface area (Å²) < 4.78 is 5.14. The van der Waals surface area contributed by atoms with Crippen molar-refractivity contribution in [2.24, 2.45) is 0 Å². The van der Waals surface area contributed by atoms with Crippen molar-refractivity contribution in [3.05, 3.63) is 72.6 Å². The molecule has 3 rings (SSSR count). The van der Waals surface area contributed by atoms with Gasteiger partial charge in [0.1, 0.15) is 11.6 Å². The van der Waals surface area contributed by atoms with Gasteiger partial charge in [-0.15, -0.1) is 0 Å². The maximum Gasteiger partial charge on any atom is 0.244 e. The highest BCUT2D eigenvalue weighted by Crippen LogP contribution is 2.18. The fourth-order valence-electron chi connectivity index (χ4n) is 2.19. The van der Waals surface area contributed by atoms with Gasteiger partial charge in [-0.1, -0.05) is 30.3 Å². The summed E-state index contributed by atoms with van der Waals surface area (Å²) in [5.41, 5.74) is 1.98. The van der Waals surface area contributed by atoms with E-state index < -0.39 is 0 Å². The van der Waals surface area contributed by atoms with Gasteiger partial charge in [-0.3, -0.25) is 4.79 Å². The number of hydrogen-bond acceptors (Lipinski definition) is 3. The molecule has 2 N–H and O–H groups in total. The van der Waals surface area contributed by atoms with Gasteiger partial charge in [0.05, 0.1) is 24.2 Å². The van der Waals surface area contributed by atoms with Crippen LogP contribution in [-0.4, -0.2) is 15.9 Å². The smallest absolute Gasteiger partial charge is 0.244 e. The Balaban J connectivity index is 1.63. The molecule has 0 bridgehead atoms. The van der Waals surface area contributed by atoms with Gasteiger partial charge >= 0.3 is 0 Å². The van der Waals surface area contributed by atoms with Gasteiger partial charge in [-0.25, -0.2) is 4.98 Å². The number of hydrogen-bond donors (Lipinski definition) is 2. The number of carbonyl (C=O) groups is 1. The van der Waals surface area contributed by atoms with Crippen LogP contribution >= 0.6 is 0 Å². The summed E-state index contributed by atoms with van der Waals surface area (Å²) in [4.78, 5) is 19.5. The van der Waals surface area contributed by atoms with Crippen molar-refractivity contribution in [3.8, 4) is 11.3 Å². The zero-order chi connectivity index (χ0) is 16.1. The minimum Gasteiger partial charge on any atom is -0.465 e. The van der Waals surface area contributed by atoms with Crippen molar-refractivity contribution in [2.45, 2.75) is 13.0 Å². The molecule has 23 heavy (non-hydrogen) atoms. The van der Waals surface area contributed by atoms with Gasteiger partial charge in [0.15, 0.2) is 0 Å². The Morgan fingerprint density at radius 1 is 1.26 bits per heavy atom. The van der Waals surface area contributed by atoms with Gasteiger partial charge in [-0.2, -0.15) is 0 Å². The molecule has 3 aromatic rings. The molecule has 2 aromatic heterocycles. The molecule has 1 amide bonds. The number of nitrogens with zero attached hydrogens (tertiary/aromatic N) is 1. The van der Waals surface area contributed by atoms with E-state index in [4.69, 9.17) is 4.42 Å². The molecule has 0 saturated heterocycles. The van der Waals surface area contributed by atoms with Crippen molar-refractivity contribution in [1.29, 1.82) is 0 Å². The van der Waals surface area contributed by atoms with Crippen LogP contribution in [0.5, 0.6) is 0 Å². The molecule has 0 fully saturated rings. The van der Waals surface area contributed by atoms with E-state index in [0.717, 1.165) is 11.3 Å². The molecule has 0 aliphatic carbocycles. The summed E-state index contributed by atoms with van der Waals surface area (Å²) in [6.07, 6.45) is 6.40. The minimum atomic E-state index is -0.221. The van der Waals surface area contributed by atoms with E-state index in [9.17, 15) is 4.79 Å². The molecule has 116 valence electrons. The largest absolute Gasteiger partial charge is 0.465 e. The highest BCUT2D eigenvalue weighted by Gasteiger charge is 2.12. The standard InChI is InChI=1S/C18H17N3O2/c1-13(20-17(22)10-9-15-8-5-11-23-15)18-19-12-16(21-18)14-6-3-2-4-7-14/h2-13H,1H3,(H,19,21)(H,20,22). The van der Waals surface area contributed by atoms with Crippen LogP contribution in [-0.2, 0) is 4.79 Å². The summed E-state index contributed by atoms with van der Waals surface area (Å²) in [7, 11) is 0. The van der Waals surface area contributed by atoms with Crippen molar-refractivity contribution < 1.29 is 9.21 Å². The monoisotopic (exact) mass is 307 g/mol. The average molecular weight is 307 g/mol. The molecule has 2 heterocycles. The van der Waals surface area contributed by atoms with Gasteiger partial charge in [-0.05, 0) is 30.7 Å². The number of aromatic nitrogens is 2. The minimum absolute atomic E-state index is 0.202. The average Bonchev–Trinajstić information content (AvgIpc) is 3.25. The first-order chi connectivity index (χ1) is 11.2. The number of nitrogens with one attached hydrogen (secondary N) is 2. The molecule has 0 saturated carbocycles. The first kappa shape index (κ1) is 14.8. The molecular formula is C18H17N3O2. The van der Waals surface area contributed by atoms with E-state index in [1.165, 1.54) is 6.08 Å². The number of aromatic amines is 1. The highest BCUT2D eigenvalue weighted by molar-refractivity contribution is 5.91. The number of amides is 1. The highest BCUT2D eigenvalue weighted by atomic mass is 16.3. The number of H-pyrrole nitrogens is 1. The maximum absolute atomic E-state index is 11.9. The van der Waals surface area contributed by atoms with Crippen LogP contribution in [0, 0.1) is 0 Å². The van der Waals surface area contributed by atoms with E-state index in [0.29, 0.717) is 11.6 Å². The molecule has 1 aromatic carbocycles. The molecule has 1 atom stereocenters. The Hall–Kier alpha value is -3.08. The quantitative estimate of drug-likeness (QED) is 0.708. The normalized spacial score (nSPS) is 12.4. The zero-order valence-corrected chi connectivity index (χ0v) is 12.7. The van der Waals surface area contributed by atoms with E-state index in [1.807, 2.05) is 37.3 Å². The molecule has 0 aliphatic heterocycles. The Bertz CT molecular complexity index is 789. The molecule has 1 unspecified atom stereocenters. The second-order valence-corrected chi connectivity index (χ2v) is 5.13. The lowest BCUT2D eigenvalue weighted by Gasteiger charge is -2.09. The first-order valence-electron chi connectivity index (χ1n) is 7.35. The molecule has 0 aliphatic rings. The van der Waals surface area contributed by atoms with Gasteiger partial charge in [0.25, 0.3) is 0 Å². The van der Waals surface area contributed by atoms with Crippen molar-refractivity contribution >= 4 is 12.0 Å². The van der Waals surface area contributed by atoms with Crippen molar-refractivity contribution in [1.82, 2.24) is 15.3 Å². The number of benzene rings is 1. The second kappa shape index (κ2) is 6.79. The fraction of sp³-hybridized carbons (Fsp3) is 0.111.